The first-order valence-electron chi connectivity index (χ1n) is 9.74. The molecular weight excluding hydrogens is 364 g/mol. The van der Waals surface area contributed by atoms with Gasteiger partial charge in [0.15, 0.2) is 5.82 Å². The fourth-order valence-corrected chi connectivity index (χ4v) is 4.26. The van der Waals surface area contributed by atoms with Crippen molar-refractivity contribution in [2.45, 2.75) is 25.8 Å². The van der Waals surface area contributed by atoms with Crippen LogP contribution in [0.25, 0.3) is 11.3 Å². The lowest BCUT2D eigenvalue weighted by Gasteiger charge is -2.42. The van der Waals surface area contributed by atoms with E-state index in [-0.39, 0.29) is 11.6 Å². The Hall–Kier alpha value is -3.48. The zero-order valence-electron chi connectivity index (χ0n) is 16.5. The summed E-state index contributed by atoms with van der Waals surface area (Å²) >= 11 is 0. The molecule has 0 aliphatic carbocycles. The van der Waals surface area contributed by atoms with E-state index in [2.05, 4.69) is 33.2 Å². The van der Waals surface area contributed by atoms with Gasteiger partial charge in [0.1, 0.15) is 0 Å². The first kappa shape index (κ1) is 17.6. The smallest absolute Gasteiger partial charge is 0.328 e. The minimum absolute atomic E-state index is 0.182. The van der Waals surface area contributed by atoms with Gasteiger partial charge >= 0.3 is 6.03 Å². The van der Waals surface area contributed by atoms with E-state index in [0.29, 0.717) is 11.5 Å². The van der Waals surface area contributed by atoms with Crippen LogP contribution in [0, 0.1) is 6.92 Å². The van der Waals surface area contributed by atoms with Crippen LogP contribution in [0.4, 0.5) is 22.0 Å². The third-order valence-corrected chi connectivity index (χ3v) is 5.71. The molecule has 146 valence electrons. The minimum Gasteiger partial charge on any atom is -0.366 e. The molecule has 1 N–H and O–H groups in total. The number of aryl methyl sites for hydroxylation is 1. The van der Waals surface area contributed by atoms with Crippen LogP contribution in [0.1, 0.15) is 19.0 Å². The summed E-state index contributed by atoms with van der Waals surface area (Å²) in [5.74, 6) is 0.699. The van der Waals surface area contributed by atoms with E-state index in [4.69, 9.17) is 4.98 Å². The van der Waals surface area contributed by atoms with Gasteiger partial charge in [-0.05, 0) is 56.7 Å². The maximum absolute atomic E-state index is 13.3. The van der Waals surface area contributed by atoms with Crippen LogP contribution in [-0.2, 0) is 0 Å². The number of nitrogens with zero attached hydrogens (tertiary/aromatic N) is 5. The Kier molecular flexibility index (Phi) is 3.97. The van der Waals surface area contributed by atoms with E-state index in [9.17, 15) is 4.79 Å². The highest BCUT2D eigenvalue weighted by Crippen LogP contribution is 2.45. The number of carbonyl (C=O) groups is 1. The molecule has 0 saturated carbocycles. The number of aromatic nitrogens is 3. The first-order chi connectivity index (χ1) is 14.0. The second-order valence-electron chi connectivity index (χ2n) is 7.90. The maximum Gasteiger partial charge on any atom is 0.328 e. The number of amides is 2. The molecule has 1 atom stereocenters. The summed E-state index contributed by atoms with van der Waals surface area (Å²) in [5, 5.41) is 2.98. The summed E-state index contributed by atoms with van der Waals surface area (Å²) < 4.78 is 0. The normalized spacial score (nSPS) is 19.8. The van der Waals surface area contributed by atoms with Gasteiger partial charge in [0.05, 0.1) is 28.8 Å². The Morgan fingerprint density at radius 3 is 2.90 bits per heavy atom. The number of pyridine rings is 3. The van der Waals surface area contributed by atoms with Gasteiger partial charge in [0, 0.05) is 36.7 Å². The molecule has 3 aromatic heterocycles. The van der Waals surface area contributed by atoms with E-state index in [1.807, 2.05) is 36.1 Å². The van der Waals surface area contributed by atoms with Crippen molar-refractivity contribution in [2.75, 3.05) is 28.2 Å². The highest BCUT2D eigenvalue weighted by molar-refractivity contribution is 6.05. The number of carbonyl (C=O) groups excluding carboxylic acids is 1. The molecule has 0 aromatic carbocycles. The highest BCUT2D eigenvalue weighted by atomic mass is 16.2. The molecule has 1 saturated heterocycles. The third-order valence-electron chi connectivity index (χ3n) is 5.71. The van der Waals surface area contributed by atoms with Gasteiger partial charge in [0.2, 0.25) is 0 Å². The van der Waals surface area contributed by atoms with Gasteiger partial charge in [-0.2, -0.15) is 0 Å². The van der Waals surface area contributed by atoms with Crippen molar-refractivity contribution in [1.29, 1.82) is 0 Å². The number of anilines is 3. The Labute approximate surface area is 169 Å². The molecule has 5 heterocycles. The van der Waals surface area contributed by atoms with Gasteiger partial charge in [-0.3, -0.25) is 14.9 Å². The summed E-state index contributed by atoms with van der Waals surface area (Å²) in [7, 11) is 0. The van der Waals surface area contributed by atoms with Crippen LogP contribution in [0.15, 0.2) is 55.0 Å². The van der Waals surface area contributed by atoms with Crippen LogP contribution in [-0.4, -0.2) is 39.6 Å². The number of rotatable bonds is 2. The van der Waals surface area contributed by atoms with Crippen molar-refractivity contribution in [1.82, 2.24) is 15.0 Å². The van der Waals surface area contributed by atoms with Gasteiger partial charge in [-0.25, -0.2) is 9.78 Å². The van der Waals surface area contributed by atoms with Crippen LogP contribution in [0.3, 0.4) is 0 Å². The van der Waals surface area contributed by atoms with Crippen molar-refractivity contribution < 1.29 is 4.79 Å². The van der Waals surface area contributed by atoms with Gasteiger partial charge in [0.25, 0.3) is 0 Å². The van der Waals surface area contributed by atoms with Crippen molar-refractivity contribution >= 4 is 23.2 Å². The topological polar surface area (TPSA) is 74.2 Å². The van der Waals surface area contributed by atoms with Crippen molar-refractivity contribution in [3.8, 4) is 11.3 Å². The molecule has 0 unspecified atom stereocenters. The molecule has 0 spiro atoms. The van der Waals surface area contributed by atoms with Crippen molar-refractivity contribution in [2.24, 2.45) is 0 Å². The molecule has 2 aliphatic heterocycles. The molecule has 7 nitrogen and oxygen atoms in total. The summed E-state index contributed by atoms with van der Waals surface area (Å²) in [4.78, 5) is 30.8. The largest absolute Gasteiger partial charge is 0.366 e. The Morgan fingerprint density at radius 1 is 1.21 bits per heavy atom. The third kappa shape index (κ3) is 2.99. The minimum atomic E-state index is -0.306. The maximum atomic E-state index is 13.3. The average Bonchev–Trinajstić information content (AvgIpc) is 3.06. The lowest BCUT2D eigenvalue weighted by atomic mass is 9.97. The molecular formula is C22H22N6O. The second-order valence-corrected chi connectivity index (χ2v) is 7.90. The van der Waals surface area contributed by atoms with Gasteiger partial charge in [-0.1, -0.05) is 0 Å². The van der Waals surface area contributed by atoms with Crippen LogP contribution >= 0.6 is 0 Å². The molecule has 2 bridgehead atoms. The SMILES string of the molecule is Cc1cc(-c2ccc3c(n2)N(C(=O)Nc2cccnc2)[C@]2(C)CCN3C2)ccn1. The van der Waals surface area contributed by atoms with Crippen LogP contribution in [0.2, 0.25) is 0 Å². The second kappa shape index (κ2) is 6.55. The number of urea groups is 1. The van der Waals surface area contributed by atoms with Crippen molar-refractivity contribution in [3.05, 3.63) is 60.7 Å². The number of nitrogens with one attached hydrogen (secondary N) is 1. The quantitative estimate of drug-likeness (QED) is 0.724. The summed E-state index contributed by atoms with van der Waals surface area (Å²) in [6.45, 7) is 5.80. The Morgan fingerprint density at radius 2 is 2.10 bits per heavy atom. The summed E-state index contributed by atoms with van der Waals surface area (Å²) in [5.41, 5.74) is 4.12. The van der Waals surface area contributed by atoms with Crippen LogP contribution in [0.5, 0.6) is 0 Å². The average molecular weight is 386 g/mol. The number of fused-ring (bicyclic) bond motifs is 4. The van der Waals surface area contributed by atoms with E-state index in [0.717, 1.165) is 42.1 Å². The summed E-state index contributed by atoms with van der Waals surface area (Å²) in [6, 6.07) is 11.5. The van der Waals surface area contributed by atoms with E-state index in [1.165, 1.54) is 0 Å². The van der Waals surface area contributed by atoms with Crippen molar-refractivity contribution in [3.63, 3.8) is 0 Å². The van der Waals surface area contributed by atoms with E-state index < -0.39 is 0 Å². The monoisotopic (exact) mass is 386 g/mol. The predicted molar refractivity (Wildman–Crippen MR) is 113 cm³/mol. The molecule has 2 amide bonds. The fraction of sp³-hybridized carbons (Fsp3) is 0.273. The molecule has 5 rings (SSSR count). The molecule has 2 aliphatic rings. The lowest BCUT2D eigenvalue weighted by molar-refractivity contribution is 0.250. The standard InChI is InChI=1S/C22H22N6O/c1-15-12-16(7-10-24-15)18-5-6-19-20(26-18)28(22(2)8-11-27(19)14-22)21(29)25-17-4-3-9-23-13-17/h3-7,9-10,12-13H,8,11,14H2,1-2H3,(H,25,29)/t22-/m1/s1. The van der Waals surface area contributed by atoms with E-state index >= 15 is 0 Å². The first-order valence-corrected chi connectivity index (χ1v) is 9.74. The molecule has 29 heavy (non-hydrogen) atoms. The van der Waals surface area contributed by atoms with Gasteiger partial charge < -0.3 is 10.2 Å². The lowest BCUT2D eigenvalue weighted by Crippen LogP contribution is -2.56. The zero-order chi connectivity index (χ0) is 20.0. The molecule has 1 fully saturated rings. The molecule has 7 heteroatoms. The zero-order valence-corrected chi connectivity index (χ0v) is 16.5. The predicted octanol–water partition coefficient (Wildman–Crippen LogP) is 3.87. The molecule has 0 radical (unpaired) electrons. The molecule has 3 aromatic rings. The van der Waals surface area contributed by atoms with Gasteiger partial charge in [-0.15, -0.1) is 0 Å². The fourth-order valence-electron chi connectivity index (χ4n) is 4.26. The highest BCUT2D eigenvalue weighted by Gasteiger charge is 2.48. The van der Waals surface area contributed by atoms with E-state index in [1.54, 1.807) is 24.7 Å². The summed E-state index contributed by atoms with van der Waals surface area (Å²) in [6.07, 6.45) is 6.02. The Balaban J connectivity index is 1.58. The van der Waals surface area contributed by atoms with Crippen LogP contribution < -0.4 is 15.1 Å². The number of hydrogen-bond donors (Lipinski definition) is 1. The Bertz CT molecular complexity index is 1090. The number of hydrogen-bond acceptors (Lipinski definition) is 5.